The third-order valence-electron chi connectivity index (χ3n) is 3.21. The summed E-state index contributed by atoms with van der Waals surface area (Å²) in [5, 5.41) is 8.64. The fourth-order valence-corrected chi connectivity index (χ4v) is 3.52. The van der Waals surface area contributed by atoms with E-state index in [-0.39, 0.29) is 4.90 Å². The second-order valence-electron chi connectivity index (χ2n) is 5.13. The average molecular weight is 309 g/mol. The van der Waals surface area contributed by atoms with Crippen LogP contribution in [0, 0.1) is 11.3 Å². The highest BCUT2D eigenvalue weighted by Crippen LogP contribution is 2.17. The first-order chi connectivity index (χ1) is 9.91. The molecular formula is C15H23N3O2S. The molecule has 0 amide bonds. The summed E-state index contributed by atoms with van der Waals surface area (Å²) in [6, 6.07) is 8.61. The lowest BCUT2D eigenvalue weighted by molar-refractivity contribution is 0.356. The van der Waals surface area contributed by atoms with E-state index < -0.39 is 10.0 Å². The molecule has 0 fully saturated rings. The predicted octanol–water partition coefficient (Wildman–Crippen LogP) is 1.71. The van der Waals surface area contributed by atoms with Crippen molar-refractivity contribution in [2.45, 2.75) is 24.7 Å². The van der Waals surface area contributed by atoms with E-state index in [0.29, 0.717) is 19.5 Å². The third-order valence-corrected chi connectivity index (χ3v) is 5.20. The van der Waals surface area contributed by atoms with Crippen LogP contribution in [0.4, 0.5) is 0 Å². The van der Waals surface area contributed by atoms with Gasteiger partial charge in [-0.3, -0.25) is 0 Å². The van der Waals surface area contributed by atoms with Gasteiger partial charge in [0.25, 0.3) is 0 Å². The zero-order valence-corrected chi connectivity index (χ0v) is 13.7. The molecule has 1 aromatic carbocycles. The molecule has 0 aliphatic carbocycles. The van der Waals surface area contributed by atoms with E-state index in [0.717, 1.165) is 18.5 Å². The summed E-state index contributed by atoms with van der Waals surface area (Å²) in [5.41, 5.74) is 0.826. The monoisotopic (exact) mass is 309 g/mol. The van der Waals surface area contributed by atoms with Crippen LogP contribution in [-0.2, 0) is 16.4 Å². The molecule has 5 nitrogen and oxygen atoms in total. The smallest absolute Gasteiger partial charge is 0.243 e. The maximum Gasteiger partial charge on any atom is 0.243 e. The number of hydrogen-bond donors (Lipinski definition) is 0. The zero-order chi connectivity index (χ0) is 15.9. The van der Waals surface area contributed by atoms with Crippen molar-refractivity contribution in [1.29, 1.82) is 5.26 Å². The fraction of sp³-hybridized carbons (Fsp3) is 0.533. The number of sulfonamides is 1. The summed E-state index contributed by atoms with van der Waals surface area (Å²) >= 11 is 0. The molecule has 0 aliphatic heterocycles. The lowest BCUT2D eigenvalue weighted by Gasteiger charge is -2.21. The van der Waals surface area contributed by atoms with Gasteiger partial charge in [-0.1, -0.05) is 19.1 Å². The van der Waals surface area contributed by atoms with E-state index in [2.05, 4.69) is 6.07 Å². The van der Waals surface area contributed by atoms with Gasteiger partial charge in [0, 0.05) is 13.1 Å². The fourth-order valence-electron chi connectivity index (χ4n) is 2.03. The molecule has 0 heterocycles. The highest BCUT2D eigenvalue weighted by atomic mass is 32.2. The third kappa shape index (κ3) is 5.12. The van der Waals surface area contributed by atoms with Crippen LogP contribution in [0.15, 0.2) is 29.2 Å². The molecule has 0 atom stereocenters. The minimum Gasteiger partial charge on any atom is -0.309 e. The van der Waals surface area contributed by atoms with Gasteiger partial charge in [-0.2, -0.15) is 9.57 Å². The van der Waals surface area contributed by atoms with Gasteiger partial charge in [-0.05, 0) is 44.8 Å². The van der Waals surface area contributed by atoms with Crippen molar-refractivity contribution in [3.05, 3.63) is 29.8 Å². The molecule has 0 N–H and O–H groups in total. The Morgan fingerprint density at radius 2 is 1.76 bits per heavy atom. The van der Waals surface area contributed by atoms with Gasteiger partial charge in [0.2, 0.25) is 10.0 Å². The molecule has 0 unspecified atom stereocenters. The minimum atomic E-state index is -3.45. The van der Waals surface area contributed by atoms with Gasteiger partial charge >= 0.3 is 0 Å². The van der Waals surface area contributed by atoms with E-state index in [1.54, 1.807) is 24.3 Å². The Morgan fingerprint density at radius 1 is 1.14 bits per heavy atom. The molecule has 0 radical (unpaired) electrons. The maximum absolute atomic E-state index is 12.6. The first kappa shape index (κ1) is 17.6. The summed E-state index contributed by atoms with van der Waals surface area (Å²) in [6.07, 6.45) is 1.09. The number of rotatable bonds is 8. The lowest BCUT2D eigenvalue weighted by Crippen LogP contribution is -2.33. The first-order valence-electron chi connectivity index (χ1n) is 7.02. The van der Waals surface area contributed by atoms with Crippen molar-refractivity contribution in [3.63, 3.8) is 0 Å². The molecule has 116 valence electrons. The zero-order valence-electron chi connectivity index (χ0n) is 12.9. The van der Waals surface area contributed by atoms with Crippen molar-refractivity contribution in [1.82, 2.24) is 9.21 Å². The number of nitrogens with zero attached hydrogens (tertiary/aromatic N) is 3. The van der Waals surface area contributed by atoms with Crippen LogP contribution < -0.4 is 0 Å². The minimum absolute atomic E-state index is 0.288. The van der Waals surface area contributed by atoms with Crippen LogP contribution in [0.1, 0.15) is 18.9 Å². The van der Waals surface area contributed by atoms with Gasteiger partial charge in [-0.15, -0.1) is 0 Å². The van der Waals surface area contributed by atoms with Gasteiger partial charge in [0.15, 0.2) is 0 Å². The van der Waals surface area contributed by atoms with Crippen LogP contribution in [0.3, 0.4) is 0 Å². The van der Waals surface area contributed by atoms with Crippen LogP contribution in [-0.4, -0.2) is 51.4 Å². The highest BCUT2D eigenvalue weighted by Gasteiger charge is 2.22. The van der Waals surface area contributed by atoms with E-state index in [4.69, 9.17) is 5.26 Å². The van der Waals surface area contributed by atoms with E-state index >= 15 is 0 Å². The van der Waals surface area contributed by atoms with Crippen LogP contribution in [0.5, 0.6) is 0 Å². The summed E-state index contributed by atoms with van der Waals surface area (Å²) < 4.78 is 26.6. The Bertz CT molecular complexity index is 574. The summed E-state index contributed by atoms with van der Waals surface area (Å²) in [6.45, 7) is 3.66. The number of nitriles is 1. The van der Waals surface area contributed by atoms with Crippen molar-refractivity contribution >= 4 is 10.0 Å². The van der Waals surface area contributed by atoms with E-state index in [1.807, 2.05) is 25.9 Å². The maximum atomic E-state index is 12.6. The normalized spacial score (nSPS) is 11.8. The summed E-state index contributed by atoms with van der Waals surface area (Å²) in [5.74, 6) is 0. The van der Waals surface area contributed by atoms with Gasteiger partial charge in [0.05, 0.1) is 17.4 Å². The molecule has 21 heavy (non-hydrogen) atoms. The van der Waals surface area contributed by atoms with Gasteiger partial charge in [0.1, 0.15) is 0 Å². The number of hydrogen-bond acceptors (Lipinski definition) is 4. The summed E-state index contributed by atoms with van der Waals surface area (Å²) in [7, 11) is 0.493. The molecule has 0 spiro atoms. The molecule has 1 rings (SSSR count). The quantitative estimate of drug-likeness (QED) is 0.733. The van der Waals surface area contributed by atoms with Crippen LogP contribution in [0.2, 0.25) is 0 Å². The average Bonchev–Trinajstić information content (AvgIpc) is 2.44. The Kier molecular flexibility index (Phi) is 6.82. The van der Waals surface area contributed by atoms with E-state index in [1.165, 1.54) is 4.31 Å². The lowest BCUT2D eigenvalue weighted by atomic mass is 10.2. The largest absolute Gasteiger partial charge is 0.309 e. The van der Waals surface area contributed by atoms with Crippen LogP contribution in [0.25, 0.3) is 0 Å². The molecule has 0 bridgehead atoms. The first-order valence-corrected chi connectivity index (χ1v) is 8.46. The van der Waals surface area contributed by atoms with Crippen molar-refractivity contribution in [2.24, 2.45) is 0 Å². The molecule has 0 aromatic heterocycles. The SMILES string of the molecule is CCN(CCCN(C)C)S(=O)(=O)c1ccc(CC#N)cc1. The second-order valence-corrected chi connectivity index (χ2v) is 7.07. The molecule has 0 saturated heterocycles. The van der Waals surface area contributed by atoms with Crippen molar-refractivity contribution in [2.75, 3.05) is 33.7 Å². The van der Waals surface area contributed by atoms with Gasteiger partial charge in [-0.25, -0.2) is 8.42 Å². The highest BCUT2D eigenvalue weighted by molar-refractivity contribution is 7.89. The Labute approximate surface area is 127 Å². The Morgan fingerprint density at radius 3 is 2.24 bits per heavy atom. The van der Waals surface area contributed by atoms with E-state index in [9.17, 15) is 8.42 Å². The second kappa shape index (κ2) is 8.13. The Hall–Kier alpha value is -1.42. The molecule has 1 aromatic rings. The summed E-state index contributed by atoms with van der Waals surface area (Å²) in [4.78, 5) is 2.33. The van der Waals surface area contributed by atoms with Gasteiger partial charge < -0.3 is 4.90 Å². The standard InChI is InChI=1S/C15H23N3O2S/c1-4-18(13-5-12-17(2)3)21(19,20)15-8-6-14(7-9-15)10-11-16/h6-9H,4-5,10,12-13H2,1-3H3. The molecule has 0 saturated carbocycles. The predicted molar refractivity (Wildman–Crippen MR) is 83.4 cm³/mol. The topological polar surface area (TPSA) is 64.4 Å². The van der Waals surface area contributed by atoms with Crippen molar-refractivity contribution in [3.8, 4) is 6.07 Å². The molecule has 0 aliphatic rings. The Balaban J connectivity index is 2.83. The number of benzene rings is 1. The van der Waals surface area contributed by atoms with Crippen molar-refractivity contribution < 1.29 is 8.42 Å². The molecular weight excluding hydrogens is 286 g/mol. The van der Waals surface area contributed by atoms with Crippen LogP contribution >= 0.6 is 0 Å². The molecule has 6 heteroatoms.